The van der Waals surface area contributed by atoms with Crippen molar-refractivity contribution in [1.82, 2.24) is 9.88 Å². The molecule has 2 heterocycles. The van der Waals surface area contributed by atoms with E-state index in [4.69, 9.17) is 9.15 Å². The SMILES string of the molecule is COc1ccc(-c2nc(CSCC(=O)N3CCN(c4cc(C)ccc4C)CC3)c(C)o2)cc1. The number of hydrogen-bond acceptors (Lipinski definition) is 6. The zero-order valence-electron chi connectivity index (χ0n) is 19.8. The summed E-state index contributed by atoms with van der Waals surface area (Å²) in [5, 5.41) is 0. The third-order valence-electron chi connectivity index (χ3n) is 6.03. The summed E-state index contributed by atoms with van der Waals surface area (Å²) in [7, 11) is 1.64. The third-order valence-corrected chi connectivity index (χ3v) is 6.96. The van der Waals surface area contributed by atoms with E-state index in [2.05, 4.69) is 41.9 Å². The number of carbonyl (C=O) groups is 1. The van der Waals surface area contributed by atoms with Crippen LogP contribution in [0.3, 0.4) is 0 Å². The average Bonchev–Trinajstić information content (AvgIpc) is 3.21. The molecule has 1 aromatic heterocycles. The maximum atomic E-state index is 12.8. The summed E-state index contributed by atoms with van der Waals surface area (Å²) in [5.74, 6) is 3.48. The summed E-state index contributed by atoms with van der Waals surface area (Å²) >= 11 is 1.59. The van der Waals surface area contributed by atoms with Gasteiger partial charge in [0, 0.05) is 43.2 Å². The number of hydrogen-bond donors (Lipinski definition) is 0. The number of rotatable bonds is 7. The van der Waals surface area contributed by atoms with E-state index in [9.17, 15) is 4.79 Å². The van der Waals surface area contributed by atoms with Gasteiger partial charge < -0.3 is 19.0 Å². The van der Waals surface area contributed by atoms with Crippen molar-refractivity contribution in [2.24, 2.45) is 0 Å². The topological polar surface area (TPSA) is 58.8 Å². The number of methoxy groups -OCH3 is 1. The molecule has 6 nitrogen and oxygen atoms in total. The van der Waals surface area contributed by atoms with Crippen molar-refractivity contribution in [2.75, 3.05) is 43.9 Å². The number of nitrogens with zero attached hydrogens (tertiary/aromatic N) is 3. The lowest BCUT2D eigenvalue weighted by Crippen LogP contribution is -2.49. The molecule has 0 N–H and O–H groups in total. The molecular weight excluding hydrogens is 434 g/mol. The average molecular weight is 466 g/mol. The molecule has 0 spiro atoms. The lowest BCUT2D eigenvalue weighted by atomic mass is 10.1. The first-order valence-corrected chi connectivity index (χ1v) is 12.4. The molecule has 0 unspecified atom stereocenters. The molecule has 7 heteroatoms. The number of ether oxygens (including phenoxy) is 1. The second-order valence-electron chi connectivity index (χ2n) is 8.40. The Labute approximate surface area is 199 Å². The fraction of sp³-hybridized carbons (Fsp3) is 0.385. The number of aromatic nitrogens is 1. The molecule has 0 atom stereocenters. The molecule has 174 valence electrons. The normalized spacial score (nSPS) is 13.9. The van der Waals surface area contributed by atoms with E-state index in [0.717, 1.165) is 48.9 Å². The fourth-order valence-electron chi connectivity index (χ4n) is 4.00. The van der Waals surface area contributed by atoms with Gasteiger partial charge in [0.15, 0.2) is 0 Å². The van der Waals surface area contributed by atoms with Gasteiger partial charge in [-0.3, -0.25) is 4.79 Å². The van der Waals surface area contributed by atoms with Gasteiger partial charge in [-0.25, -0.2) is 4.98 Å². The number of oxazole rings is 1. The van der Waals surface area contributed by atoms with Gasteiger partial charge in [-0.15, -0.1) is 11.8 Å². The van der Waals surface area contributed by atoms with Crippen LogP contribution in [0.2, 0.25) is 0 Å². The molecule has 0 bridgehead atoms. The van der Waals surface area contributed by atoms with Gasteiger partial charge in [-0.1, -0.05) is 12.1 Å². The van der Waals surface area contributed by atoms with Crippen molar-refractivity contribution < 1.29 is 13.9 Å². The number of carbonyl (C=O) groups excluding carboxylic acids is 1. The molecule has 3 aromatic rings. The molecule has 1 aliphatic heterocycles. The lowest BCUT2D eigenvalue weighted by molar-refractivity contribution is -0.128. The van der Waals surface area contributed by atoms with Crippen molar-refractivity contribution >= 4 is 23.4 Å². The Kier molecular flexibility index (Phi) is 7.28. The van der Waals surface area contributed by atoms with Gasteiger partial charge >= 0.3 is 0 Å². The van der Waals surface area contributed by atoms with Crippen LogP contribution in [-0.2, 0) is 10.5 Å². The van der Waals surface area contributed by atoms with Crippen LogP contribution in [0.4, 0.5) is 5.69 Å². The first kappa shape index (κ1) is 23.2. The molecule has 4 rings (SSSR count). The van der Waals surface area contributed by atoms with E-state index in [1.807, 2.05) is 36.1 Å². The monoisotopic (exact) mass is 465 g/mol. The zero-order chi connectivity index (χ0) is 23.4. The zero-order valence-corrected chi connectivity index (χ0v) is 20.6. The number of piperazine rings is 1. The van der Waals surface area contributed by atoms with Crippen LogP contribution in [0.15, 0.2) is 46.9 Å². The molecule has 0 radical (unpaired) electrons. The standard InChI is InChI=1S/C26H31N3O3S/c1-18-5-6-19(2)24(15-18)28-11-13-29(14-12-28)25(30)17-33-16-23-20(3)32-26(27-23)21-7-9-22(31-4)10-8-21/h5-10,15H,11-14,16-17H2,1-4H3. The maximum Gasteiger partial charge on any atom is 0.232 e. The van der Waals surface area contributed by atoms with Crippen LogP contribution in [0.5, 0.6) is 5.75 Å². The molecule has 2 aromatic carbocycles. The second-order valence-corrected chi connectivity index (χ2v) is 9.39. The van der Waals surface area contributed by atoms with Crippen LogP contribution in [0.25, 0.3) is 11.5 Å². The second kappa shape index (κ2) is 10.3. The molecular formula is C26H31N3O3S. The highest BCUT2D eigenvalue weighted by Crippen LogP contribution is 2.26. The van der Waals surface area contributed by atoms with E-state index < -0.39 is 0 Å². The van der Waals surface area contributed by atoms with Crippen LogP contribution in [-0.4, -0.2) is 54.8 Å². The van der Waals surface area contributed by atoms with Crippen molar-refractivity contribution in [3.05, 3.63) is 65.0 Å². The Balaban J connectivity index is 1.27. The van der Waals surface area contributed by atoms with E-state index in [-0.39, 0.29) is 5.91 Å². The van der Waals surface area contributed by atoms with Crippen LogP contribution in [0, 0.1) is 20.8 Å². The first-order chi connectivity index (χ1) is 15.9. The number of anilines is 1. The van der Waals surface area contributed by atoms with Crippen molar-refractivity contribution in [2.45, 2.75) is 26.5 Å². The highest BCUT2D eigenvalue weighted by atomic mass is 32.2. The Hall–Kier alpha value is -2.93. The number of thioether (sulfide) groups is 1. The predicted molar refractivity (Wildman–Crippen MR) is 134 cm³/mol. The van der Waals surface area contributed by atoms with E-state index in [0.29, 0.717) is 17.4 Å². The van der Waals surface area contributed by atoms with Gasteiger partial charge in [0.2, 0.25) is 11.8 Å². The molecule has 1 aliphatic rings. The summed E-state index contributed by atoms with van der Waals surface area (Å²) < 4.78 is 11.1. The van der Waals surface area contributed by atoms with E-state index >= 15 is 0 Å². The molecule has 1 amide bonds. The molecule has 0 aliphatic carbocycles. The van der Waals surface area contributed by atoms with E-state index in [1.54, 1.807) is 18.9 Å². The number of aryl methyl sites for hydroxylation is 3. The van der Waals surface area contributed by atoms with E-state index in [1.165, 1.54) is 16.8 Å². The highest BCUT2D eigenvalue weighted by Gasteiger charge is 2.22. The summed E-state index contributed by atoms with van der Waals surface area (Å²) in [4.78, 5) is 21.8. The quantitative estimate of drug-likeness (QED) is 0.497. The van der Waals surface area contributed by atoms with Gasteiger partial charge in [0.05, 0.1) is 18.6 Å². The smallest absolute Gasteiger partial charge is 0.232 e. The van der Waals surface area contributed by atoms with Gasteiger partial charge in [-0.05, 0) is 62.2 Å². The van der Waals surface area contributed by atoms with Gasteiger partial charge in [-0.2, -0.15) is 0 Å². The van der Waals surface area contributed by atoms with Crippen LogP contribution < -0.4 is 9.64 Å². The molecule has 0 saturated carbocycles. The van der Waals surface area contributed by atoms with Gasteiger partial charge in [0.1, 0.15) is 11.5 Å². The maximum absolute atomic E-state index is 12.8. The predicted octanol–water partition coefficient (Wildman–Crippen LogP) is 4.86. The number of amides is 1. The van der Waals surface area contributed by atoms with Crippen molar-refractivity contribution in [3.8, 4) is 17.2 Å². The minimum atomic E-state index is 0.192. The Morgan fingerprint density at radius 1 is 1.06 bits per heavy atom. The van der Waals surface area contributed by atoms with Crippen molar-refractivity contribution in [1.29, 1.82) is 0 Å². The molecule has 1 fully saturated rings. The molecule has 33 heavy (non-hydrogen) atoms. The number of benzene rings is 2. The Morgan fingerprint density at radius 3 is 2.48 bits per heavy atom. The van der Waals surface area contributed by atoms with Gasteiger partial charge in [0.25, 0.3) is 0 Å². The minimum absolute atomic E-state index is 0.192. The summed E-state index contributed by atoms with van der Waals surface area (Å²) in [6.07, 6.45) is 0. The largest absolute Gasteiger partial charge is 0.497 e. The molecule has 1 saturated heterocycles. The minimum Gasteiger partial charge on any atom is -0.497 e. The Bertz CT molecular complexity index is 1100. The van der Waals surface area contributed by atoms with Crippen LogP contribution in [0.1, 0.15) is 22.6 Å². The highest BCUT2D eigenvalue weighted by molar-refractivity contribution is 7.99. The first-order valence-electron chi connectivity index (χ1n) is 11.2. The third kappa shape index (κ3) is 5.53. The lowest BCUT2D eigenvalue weighted by Gasteiger charge is -2.37. The van der Waals surface area contributed by atoms with Crippen molar-refractivity contribution in [3.63, 3.8) is 0 Å². The van der Waals surface area contributed by atoms with Crippen LogP contribution >= 0.6 is 11.8 Å². The summed E-state index contributed by atoms with van der Waals surface area (Å²) in [6.45, 7) is 9.45. The summed E-state index contributed by atoms with van der Waals surface area (Å²) in [6, 6.07) is 14.2. The fourth-order valence-corrected chi connectivity index (χ4v) is 4.92. The Morgan fingerprint density at radius 2 is 1.79 bits per heavy atom. The summed E-state index contributed by atoms with van der Waals surface area (Å²) in [5.41, 5.74) is 5.63.